The molecule has 1 heterocycles. The van der Waals surface area contributed by atoms with Crippen molar-refractivity contribution in [3.05, 3.63) is 41.7 Å². The summed E-state index contributed by atoms with van der Waals surface area (Å²) in [6.07, 6.45) is 4.39. The molecule has 0 radical (unpaired) electrons. The third-order valence-electron chi connectivity index (χ3n) is 4.34. The van der Waals surface area contributed by atoms with Gasteiger partial charge >= 0.3 is 0 Å². The minimum Gasteiger partial charge on any atom is -0.337 e. The maximum atomic E-state index is 12.4. The summed E-state index contributed by atoms with van der Waals surface area (Å²) in [7, 11) is 1.80. The first kappa shape index (κ1) is 14.7. The summed E-state index contributed by atoms with van der Waals surface area (Å²) >= 11 is 0. The highest BCUT2D eigenvalue weighted by atomic mass is 16.2. The normalized spacial score (nSPS) is 20.5. The molecule has 1 fully saturated rings. The van der Waals surface area contributed by atoms with Crippen LogP contribution in [0.2, 0.25) is 0 Å². The average molecular weight is 299 g/mol. The minimum absolute atomic E-state index is 0.103. The van der Waals surface area contributed by atoms with Gasteiger partial charge in [-0.3, -0.25) is 4.79 Å². The van der Waals surface area contributed by atoms with Gasteiger partial charge in [-0.15, -0.1) is 5.10 Å². The Morgan fingerprint density at radius 2 is 2.05 bits per heavy atom. The summed E-state index contributed by atoms with van der Waals surface area (Å²) in [5, 5.41) is 8.06. The standard InChI is InChI=1S/C16H21N5O/c1-3-11-4-6-13(7-5-11)21-10-15(18-19-21)16(22)20(2)14-8-12(17)9-14/h4-7,10,12,14H,3,8-9,17H2,1-2H3. The van der Waals surface area contributed by atoms with Gasteiger partial charge in [0.1, 0.15) is 0 Å². The molecular weight excluding hydrogens is 278 g/mol. The largest absolute Gasteiger partial charge is 0.337 e. The summed E-state index contributed by atoms with van der Waals surface area (Å²) < 4.78 is 1.63. The first-order valence-corrected chi connectivity index (χ1v) is 7.63. The lowest BCUT2D eigenvalue weighted by Crippen LogP contribution is -2.51. The van der Waals surface area contributed by atoms with Gasteiger partial charge in [0.2, 0.25) is 0 Å². The SMILES string of the molecule is CCc1ccc(-n2cc(C(=O)N(C)C3CC(N)C3)nn2)cc1. The van der Waals surface area contributed by atoms with Crippen LogP contribution in [0.25, 0.3) is 5.69 Å². The van der Waals surface area contributed by atoms with Gasteiger partial charge in [0.15, 0.2) is 5.69 Å². The number of amides is 1. The molecule has 1 aromatic carbocycles. The zero-order valence-corrected chi connectivity index (χ0v) is 12.9. The number of carbonyl (C=O) groups excluding carboxylic acids is 1. The van der Waals surface area contributed by atoms with Gasteiger partial charge in [-0.05, 0) is 37.0 Å². The van der Waals surface area contributed by atoms with Crippen molar-refractivity contribution < 1.29 is 4.79 Å². The number of nitrogens with two attached hydrogens (primary N) is 1. The first-order valence-electron chi connectivity index (χ1n) is 7.63. The van der Waals surface area contributed by atoms with E-state index in [0.717, 1.165) is 24.9 Å². The Hall–Kier alpha value is -2.21. The molecule has 3 rings (SSSR count). The fourth-order valence-electron chi connectivity index (χ4n) is 2.67. The number of aryl methyl sites for hydroxylation is 1. The molecule has 1 amide bonds. The van der Waals surface area contributed by atoms with Crippen molar-refractivity contribution in [2.75, 3.05) is 7.05 Å². The zero-order chi connectivity index (χ0) is 15.7. The number of carbonyl (C=O) groups is 1. The van der Waals surface area contributed by atoms with Crippen LogP contribution >= 0.6 is 0 Å². The van der Waals surface area contributed by atoms with Crippen molar-refractivity contribution in [3.63, 3.8) is 0 Å². The van der Waals surface area contributed by atoms with Crippen LogP contribution in [0.5, 0.6) is 0 Å². The van der Waals surface area contributed by atoms with Crippen LogP contribution in [0.3, 0.4) is 0 Å². The maximum Gasteiger partial charge on any atom is 0.276 e. The first-order chi connectivity index (χ1) is 10.6. The second-order valence-corrected chi connectivity index (χ2v) is 5.87. The van der Waals surface area contributed by atoms with Gasteiger partial charge in [0.05, 0.1) is 11.9 Å². The molecule has 1 aliphatic carbocycles. The van der Waals surface area contributed by atoms with Gasteiger partial charge in [0, 0.05) is 19.1 Å². The summed E-state index contributed by atoms with van der Waals surface area (Å²) in [6.45, 7) is 2.11. The molecule has 0 spiro atoms. The summed E-state index contributed by atoms with van der Waals surface area (Å²) in [6, 6.07) is 8.51. The number of rotatable bonds is 4. The second-order valence-electron chi connectivity index (χ2n) is 5.87. The second kappa shape index (κ2) is 5.88. The lowest BCUT2D eigenvalue weighted by Gasteiger charge is -2.38. The highest BCUT2D eigenvalue weighted by molar-refractivity contribution is 5.92. The van der Waals surface area contributed by atoms with Crippen LogP contribution in [0, 0.1) is 0 Å². The molecular formula is C16H21N5O. The third-order valence-corrected chi connectivity index (χ3v) is 4.34. The van der Waals surface area contributed by atoms with E-state index in [2.05, 4.69) is 29.4 Å². The van der Waals surface area contributed by atoms with E-state index in [0.29, 0.717) is 5.69 Å². The van der Waals surface area contributed by atoms with Gasteiger partial charge in [-0.25, -0.2) is 4.68 Å². The molecule has 2 aromatic rings. The Labute approximate surface area is 129 Å². The van der Waals surface area contributed by atoms with Gasteiger partial charge in [0.25, 0.3) is 5.91 Å². The smallest absolute Gasteiger partial charge is 0.276 e. The Bertz CT molecular complexity index is 657. The Balaban J connectivity index is 1.73. The molecule has 116 valence electrons. The van der Waals surface area contributed by atoms with Crippen molar-refractivity contribution in [1.82, 2.24) is 19.9 Å². The van der Waals surface area contributed by atoms with Gasteiger partial charge in [-0.2, -0.15) is 0 Å². The van der Waals surface area contributed by atoms with E-state index in [1.165, 1.54) is 5.56 Å². The topological polar surface area (TPSA) is 77.0 Å². The Kier molecular flexibility index (Phi) is 3.94. The highest BCUT2D eigenvalue weighted by Gasteiger charge is 2.33. The van der Waals surface area contributed by atoms with Crippen molar-refractivity contribution in [3.8, 4) is 5.69 Å². The van der Waals surface area contributed by atoms with E-state index in [9.17, 15) is 4.79 Å². The van der Waals surface area contributed by atoms with Crippen LogP contribution in [-0.2, 0) is 6.42 Å². The molecule has 0 bridgehead atoms. The van der Waals surface area contributed by atoms with Crippen molar-refractivity contribution in [2.24, 2.45) is 5.73 Å². The quantitative estimate of drug-likeness (QED) is 0.925. The lowest BCUT2D eigenvalue weighted by molar-refractivity contribution is 0.0619. The number of hydrogen-bond donors (Lipinski definition) is 1. The maximum absolute atomic E-state index is 12.4. The summed E-state index contributed by atoms with van der Waals surface area (Å²) in [5.41, 5.74) is 8.31. The molecule has 1 aromatic heterocycles. The van der Waals surface area contributed by atoms with Crippen LogP contribution in [0.4, 0.5) is 0 Å². The Morgan fingerprint density at radius 3 is 2.64 bits per heavy atom. The van der Waals surface area contributed by atoms with Crippen molar-refractivity contribution in [2.45, 2.75) is 38.3 Å². The number of nitrogens with zero attached hydrogens (tertiary/aromatic N) is 4. The Morgan fingerprint density at radius 1 is 1.36 bits per heavy atom. The molecule has 6 nitrogen and oxygen atoms in total. The average Bonchev–Trinajstić information content (AvgIpc) is 3.00. The fourth-order valence-corrected chi connectivity index (χ4v) is 2.67. The fraction of sp³-hybridized carbons (Fsp3) is 0.438. The number of benzene rings is 1. The third kappa shape index (κ3) is 2.74. The van der Waals surface area contributed by atoms with Gasteiger partial charge < -0.3 is 10.6 Å². The molecule has 22 heavy (non-hydrogen) atoms. The van der Waals surface area contributed by atoms with Crippen molar-refractivity contribution in [1.29, 1.82) is 0 Å². The molecule has 6 heteroatoms. The minimum atomic E-state index is -0.103. The summed E-state index contributed by atoms with van der Waals surface area (Å²) in [5.74, 6) is -0.103. The molecule has 0 unspecified atom stereocenters. The molecule has 0 saturated heterocycles. The summed E-state index contributed by atoms with van der Waals surface area (Å²) in [4.78, 5) is 14.1. The van der Waals surface area contributed by atoms with Crippen LogP contribution in [0.1, 0.15) is 35.8 Å². The zero-order valence-electron chi connectivity index (χ0n) is 12.9. The van der Waals surface area contributed by atoms with E-state index >= 15 is 0 Å². The van der Waals surface area contributed by atoms with E-state index < -0.39 is 0 Å². The van der Waals surface area contributed by atoms with E-state index in [-0.39, 0.29) is 18.0 Å². The molecule has 1 aliphatic rings. The van der Waals surface area contributed by atoms with Crippen LogP contribution in [0.15, 0.2) is 30.5 Å². The van der Waals surface area contributed by atoms with Gasteiger partial charge in [-0.1, -0.05) is 24.3 Å². The molecule has 1 saturated carbocycles. The van der Waals surface area contributed by atoms with E-state index in [1.54, 1.807) is 22.8 Å². The van der Waals surface area contributed by atoms with E-state index in [1.807, 2.05) is 12.1 Å². The monoisotopic (exact) mass is 299 g/mol. The van der Waals surface area contributed by atoms with E-state index in [4.69, 9.17) is 5.73 Å². The lowest BCUT2D eigenvalue weighted by atomic mass is 9.86. The molecule has 0 aliphatic heterocycles. The number of aromatic nitrogens is 3. The molecule has 0 atom stereocenters. The van der Waals surface area contributed by atoms with Crippen molar-refractivity contribution >= 4 is 5.91 Å². The van der Waals surface area contributed by atoms with Crippen LogP contribution < -0.4 is 5.73 Å². The molecule has 2 N–H and O–H groups in total. The van der Waals surface area contributed by atoms with Crippen LogP contribution in [-0.4, -0.2) is 44.9 Å². The predicted molar refractivity (Wildman–Crippen MR) is 83.8 cm³/mol. The highest BCUT2D eigenvalue weighted by Crippen LogP contribution is 2.24. The number of hydrogen-bond acceptors (Lipinski definition) is 4. The predicted octanol–water partition coefficient (Wildman–Crippen LogP) is 1.39.